The van der Waals surface area contributed by atoms with Crippen molar-refractivity contribution in [2.24, 2.45) is 5.92 Å². The van der Waals surface area contributed by atoms with Gasteiger partial charge in [0.25, 0.3) is 0 Å². The first-order valence-corrected chi connectivity index (χ1v) is 8.13. The zero-order valence-corrected chi connectivity index (χ0v) is 14.8. The molecule has 0 unspecified atom stereocenters. The van der Waals surface area contributed by atoms with Gasteiger partial charge in [-0.05, 0) is 43.9 Å². The molecule has 2 amide bonds. The predicted octanol–water partition coefficient (Wildman–Crippen LogP) is 3.16. The minimum atomic E-state index is -0.102. The first kappa shape index (κ1) is 17.6. The third-order valence-corrected chi connectivity index (χ3v) is 5.01. The number of aryl methyl sites for hydroxylation is 1. The zero-order chi connectivity index (χ0) is 17.1. The third kappa shape index (κ3) is 3.78. The second kappa shape index (κ2) is 7.21. The van der Waals surface area contributed by atoms with Crippen LogP contribution in [0.1, 0.15) is 30.9 Å². The maximum Gasteiger partial charge on any atom is 0.227 e. The topological polar surface area (TPSA) is 58.6 Å². The molecule has 1 aliphatic heterocycles. The van der Waals surface area contributed by atoms with E-state index in [0.717, 1.165) is 11.1 Å². The molecule has 1 aliphatic rings. The Morgan fingerprint density at radius 2 is 1.91 bits per heavy atom. The number of likely N-dealkylation sites (tertiary alicyclic amines) is 1. The van der Waals surface area contributed by atoms with Crippen LogP contribution >= 0.6 is 11.6 Å². The molecule has 5 nitrogen and oxygen atoms in total. The number of benzene rings is 1. The van der Waals surface area contributed by atoms with Gasteiger partial charge in [0, 0.05) is 31.0 Å². The van der Waals surface area contributed by atoms with Gasteiger partial charge in [0.15, 0.2) is 0 Å². The molecule has 6 heteroatoms. The standard InChI is InChI=1S/C17H23ClN2O3/c1-10-9-14(23-4)16(11(2)15(10)18)19-17(22)13-5-7-20(8-6-13)12(3)21/h9,13H,5-8H2,1-4H3,(H,19,22). The number of halogens is 1. The number of amides is 2. The molecule has 0 radical (unpaired) electrons. The van der Waals surface area contributed by atoms with Crippen LogP contribution in [0.4, 0.5) is 5.69 Å². The molecule has 23 heavy (non-hydrogen) atoms. The van der Waals surface area contributed by atoms with E-state index >= 15 is 0 Å². The Bertz CT molecular complexity index is 623. The Morgan fingerprint density at radius 1 is 1.30 bits per heavy atom. The molecule has 0 aliphatic carbocycles. The van der Waals surface area contributed by atoms with E-state index in [2.05, 4.69) is 5.32 Å². The zero-order valence-electron chi connectivity index (χ0n) is 14.0. The van der Waals surface area contributed by atoms with Crippen molar-refractivity contribution in [2.75, 3.05) is 25.5 Å². The van der Waals surface area contributed by atoms with E-state index in [0.29, 0.717) is 42.4 Å². The van der Waals surface area contributed by atoms with Gasteiger partial charge in [-0.15, -0.1) is 0 Å². The molecule has 126 valence electrons. The fourth-order valence-electron chi connectivity index (χ4n) is 2.92. The Balaban J connectivity index is 2.12. The van der Waals surface area contributed by atoms with E-state index in [9.17, 15) is 9.59 Å². The van der Waals surface area contributed by atoms with Gasteiger partial charge >= 0.3 is 0 Å². The van der Waals surface area contributed by atoms with Crippen molar-refractivity contribution in [1.29, 1.82) is 0 Å². The number of nitrogens with one attached hydrogen (secondary N) is 1. The molecule has 1 aromatic carbocycles. The van der Waals surface area contributed by atoms with Crippen molar-refractivity contribution in [3.05, 3.63) is 22.2 Å². The van der Waals surface area contributed by atoms with Gasteiger partial charge < -0.3 is 15.0 Å². The van der Waals surface area contributed by atoms with E-state index in [-0.39, 0.29) is 17.7 Å². The average Bonchev–Trinajstić information content (AvgIpc) is 2.55. The number of anilines is 1. The largest absolute Gasteiger partial charge is 0.495 e. The molecule has 1 fully saturated rings. The third-order valence-electron chi connectivity index (χ3n) is 4.42. The van der Waals surface area contributed by atoms with Gasteiger partial charge in [0.2, 0.25) is 11.8 Å². The Labute approximate surface area is 141 Å². The van der Waals surface area contributed by atoms with E-state index in [1.54, 1.807) is 18.9 Å². The lowest BCUT2D eigenvalue weighted by atomic mass is 9.95. The van der Waals surface area contributed by atoms with Crippen LogP contribution in [0.15, 0.2) is 6.07 Å². The van der Waals surface area contributed by atoms with Crippen LogP contribution in [0.2, 0.25) is 5.02 Å². The maximum atomic E-state index is 12.5. The number of piperidine rings is 1. The molecule has 1 aromatic rings. The van der Waals surface area contributed by atoms with Crippen LogP contribution in [0.3, 0.4) is 0 Å². The summed E-state index contributed by atoms with van der Waals surface area (Å²) in [5.41, 5.74) is 2.34. The van der Waals surface area contributed by atoms with Gasteiger partial charge in [-0.25, -0.2) is 0 Å². The summed E-state index contributed by atoms with van der Waals surface area (Å²) < 4.78 is 5.37. The molecule has 2 rings (SSSR count). The van der Waals surface area contributed by atoms with Crippen LogP contribution < -0.4 is 10.1 Å². The van der Waals surface area contributed by atoms with Crippen LogP contribution in [-0.4, -0.2) is 36.9 Å². The molecular weight excluding hydrogens is 316 g/mol. The van der Waals surface area contributed by atoms with Crippen LogP contribution in [0, 0.1) is 19.8 Å². The Hall–Kier alpha value is -1.75. The monoisotopic (exact) mass is 338 g/mol. The van der Waals surface area contributed by atoms with Gasteiger partial charge in [-0.2, -0.15) is 0 Å². The van der Waals surface area contributed by atoms with Crippen molar-refractivity contribution in [3.63, 3.8) is 0 Å². The molecule has 0 spiro atoms. The lowest BCUT2D eigenvalue weighted by Gasteiger charge is -2.30. The van der Waals surface area contributed by atoms with Crippen molar-refractivity contribution < 1.29 is 14.3 Å². The summed E-state index contributed by atoms with van der Waals surface area (Å²) in [6.07, 6.45) is 1.35. The molecule has 0 aromatic heterocycles. The number of rotatable bonds is 3. The normalized spacial score (nSPS) is 15.4. The van der Waals surface area contributed by atoms with Gasteiger partial charge in [0.05, 0.1) is 12.8 Å². The maximum absolute atomic E-state index is 12.5. The van der Waals surface area contributed by atoms with Gasteiger partial charge in [-0.1, -0.05) is 11.6 Å². The number of methoxy groups -OCH3 is 1. The lowest BCUT2D eigenvalue weighted by Crippen LogP contribution is -2.40. The molecular formula is C17H23ClN2O3. The first-order valence-electron chi connectivity index (χ1n) is 7.75. The van der Waals surface area contributed by atoms with E-state index in [1.165, 1.54) is 0 Å². The summed E-state index contributed by atoms with van der Waals surface area (Å²) >= 11 is 6.28. The van der Waals surface area contributed by atoms with Crippen LogP contribution in [0.5, 0.6) is 5.75 Å². The summed E-state index contributed by atoms with van der Waals surface area (Å²) in [7, 11) is 1.57. The van der Waals surface area contributed by atoms with E-state index in [1.807, 2.05) is 19.9 Å². The number of carbonyl (C=O) groups is 2. The summed E-state index contributed by atoms with van der Waals surface area (Å²) in [5.74, 6) is 0.523. The van der Waals surface area contributed by atoms with Gasteiger partial charge in [0.1, 0.15) is 5.75 Å². The van der Waals surface area contributed by atoms with Crippen molar-refractivity contribution in [3.8, 4) is 5.75 Å². The number of hydrogen-bond acceptors (Lipinski definition) is 3. The number of nitrogens with zero attached hydrogens (tertiary/aromatic N) is 1. The van der Waals surface area contributed by atoms with Crippen LogP contribution in [0.25, 0.3) is 0 Å². The lowest BCUT2D eigenvalue weighted by molar-refractivity contribution is -0.132. The highest BCUT2D eigenvalue weighted by atomic mass is 35.5. The average molecular weight is 339 g/mol. The fourth-order valence-corrected chi connectivity index (χ4v) is 3.07. The number of hydrogen-bond donors (Lipinski definition) is 1. The number of ether oxygens (including phenoxy) is 1. The second-order valence-electron chi connectivity index (χ2n) is 5.98. The number of carbonyl (C=O) groups excluding carboxylic acids is 2. The van der Waals surface area contributed by atoms with Gasteiger partial charge in [-0.3, -0.25) is 9.59 Å². The molecule has 1 saturated heterocycles. The minimum absolute atomic E-state index is 0.0467. The summed E-state index contributed by atoms with van der Waals surface area (Å²) in [4.78, 5) is 25.7. The summed E-state index contributed by atoms with van der Waals surface area (Å²) in [6, 6.07) is 1.82. The highest BCUT2D eigenvalue weighted by molar-refractivity contribution is 6.32. The fraction of sp³-hybridized carbons (Fsp3) is 0.529. The quantitative estimate of drug-likeness (QED) is 0.921. The summed E-state index contributed by atoms with van der Waals surface area (Å²) in [6.45, 7) is 6.58. The van der Waals surface area contributed by atoms with Crippen molar-refractivity contribution in [2.45, 2.75) is 33.6 Å². The summed E-state index contributed by atoms with van der Waals surface area (Å²) in [5, 5.41) is 3.59. The molecule has 0 saturated carbocycles. The Morgan fingerprint density at radius 3 is 2.43 bits per heavy atom. The highest BCUT2D eigenvalue weighted by Gasteiger charge is 2.27. The highest BCUT2D eigenvalue weighted by Crippen LogP contribution is 2.36. The molecule has 1 N–H and O–H groups in total. The molecule has 1 heterocycles. The first-order chi connectivity index (χ1) is 10.8. The molecule has 0 bridgehead atoms. The SMILES string of the molecule is COc1cc(C)c(Cl)c(C)c1NC(=O)C1CCN(C(C)=O)CC1. The van der Waals surface area contributed by atoms with E-state index < -0.39 is 0 Å². The Kier molecular flexibility index (Phi) is 5.52. The van der Waals surface area contributed by atoms with Crippen molar-refractivity contribution >= 4 is 29.1 Å². The molecule has 0 atom stereocenters. The van der Waals surface area contributed by atoms with Crippen molar-refractivity contribution in [1.82, 2.24) is 4.90 Å². The smallest absolute Gasteiger partial charge is 0.227 e. The van der Waals surface area contributed by atoms with Crippen LogP contribution in [-0.2, 0) is 9.59 Å². The minimum Gasteiger partial charge on any atom is -0.495 e. The van der Waals surface area contributed by atoms with E-state index in [4.69, 9.17) is 16.3 Å². The predicted molar refractivity (Wildman–Crippen MR) is 91.1 cm³/mol. The second-order valence-corrected chi connectivity index (χ2v) is 6.36.